The van der Waals surface area contributed by atoms with Gasteiger partial charge in [0, 0.05) is 6.42 Å². The molecule has 8 heteroatoms. The van der Waals surface area contributed by atoms with Crippen LogP contribution in [0.15, 0.2) is 66.7 Å². The van der Waals surface area contributed by atoms with Crippen LogP contribution < -0.4 is 0 Å². The SMILES string of the molecule is O=C(O)Cc1cccc(-c2ccc(C(F)(F)F)cc2CN2C(=O)O[C@@H]3Cc4ccccc4[C@@H]32)c1. The van der Waals surface area contributed by atoms with Crippen molar-refractivity contribution in [3.05, 3.63) is 94.5 Å². The molecule has 2 aliphatic rings. The van der Waals surface area contributed by atoms with Crippen LogP contribution in [0.5, 0.6) is 0 Å². The number of amides is 1. The second-order valence-electron chi connectivity index (χ2n) is 8.54. The van der Waals surface area contributed by atoms with Gasteiger partial charge < -0.3 is 9.84 Å². The number of alkyl halides is 3. The molecule has 174 valence electrons. The monoisotopic (exact) mass is 467 g/mol. The van der Waals surface area contributed by atoms with Crippen molar-refractivity contribution < 1.29 is 32.6 Å². The Bertz CT molecular complexity index is 1290. The number of hydrogen-bond acceptors (Lipinski definition) is 3. The van der Waals surface area contributed by atoms with Gasteiger partial charge >= 0.3 is 18.2 Å². The van der Waals surface area contributed by atoms with Gasteiger partial charge in [-0.3, -0.25) is 9.69 Å². The summed E-state index contributed by atoms with van der Waals surface area (Å²) in [4.78, 5) is 25.3. The van der Waals surface area contributed by atoms with Crippen LogP contribution in [-0.4, -0.2) is 28.2 Å². The summed E-state index contributed by atoms with van der Waals surface area (Å²) >= 11 is 0. The van der Waals surface area contributed by atoms with Gasteiger partial charge in [0.15, 0.2) is 0 Å². The maximum Gasteiger partial charge on any atom is 0.416 e. The van der Waals surface area contributed by atoms with Crippen LogP contribution in [0.2, 0.25) is 0 Å². The van der Waals surface area contributed by atoms with E-state index in [0.29, 0.717) is 28.7 Å². The van der Waals surface area contributed by atoms with Gasteiger partial charge in [0.2, 0.25) is 0 Å². The molecule has 1 N–H and O–H groups in total. The van der Waals surface area contributed by atoms with Crippen molar-refractivity contribution in [1.29, 1.82) is 0 Å². The van der Waals surface area contributed by atoms with Gasteiger partial charge in [0.05, 0.1) is 24.6 Å². The zero-order valence-electron chi connectivity index (χ0n) is 17.9. The van der Waals surface area contributed by atoms with Gasteiger partial charge in [-0.2, -0.15) is 13.2 Å². The Morgan fingerprint density at radius 3 is 2.62 bits per heavy atom. The summed E-state index contributed by atoms with van der Waals surface area (Å²) in [6.45, 7) is -0.0727. The lowest BCUT2D eigenvalue weighted by molar-refractivity contribution is -0.138. The number of halogens is 3. The third kappa shape index (κ3) is 4.00. The minimum Gasteiger partial charge on any atom is -0.481 e. The number of rotatable bonds is 5. The highest BCUT2D eigenvalue weighted by atomic mass is 19.4. The Balaban J connectivity index is 1.56. The molecule has 0 aromatic heterocycles. The Kier molecular flexibility index (Phi) is 5.31. The van der Waals surface area contributed by atoms with Crippen LogP contribution in [0, 0.1) is 0 Å². The highest BCUT2D eigenvalue weighted by Crippen LogP contribution is 2.44. The molecule has 1 aliphatic heterocycles. The number of carboxylic acids is 1. The van der Waals surface area contributed by atoms with Crippen molar-refractivity contribution in [2.45, 2.75) is 37.7 Å². The average molecular weight is 467 g/mol. The van der Waals surface area contributed by atoms with Crippen LogP contribution in [-0.2, 0) is 35.1 Å². The van der Waals surface area contributed by atoms with Crippen LogP contribution in [0.3, 0.4) is 0 Å². The number of benzene rings is 3. The molecule has 1 amide bonds. The zero-order valence-corrected chi connectivity index (χ0v) is 17.9. The standard InChI is InChI=1S/C26H20F3NO4/c27-26(28,29)19-8-9-20(16-6-3-4-15(10-16)11-23(31)32)18(12-19)14-30-24-21-7-2-1-5-17(21)13-22(24)34-25(30)33/h1-10,12,22,24H,11,13-14H2,(H,31,32)/t22-,24+/m1/s1. The molecule has 2 atom stereocenters. The summed E-state index contributed by atoms with van der Waals surface area (Å²) in [5.74, 6) is -1.00. The second kappa shape index (κ2) is 8.20. The van der Waals surface area contributed by atoms with Crippen LogP contribution in [0.4, 0.5) is 18.0 Å². The van der Waals surface area contributed by atoms with Crippen LogP contribution in [0.1, 0.15) is 33.9 Å². The van der Waals surface area contributed by atoms with Crippen molar-refractivity contribution >= 4 is 12.1 Å². The lowest BCUT2D eigenvalue weighted by Gasteiger charge is -2.24. The minimum absolute atomic E-state index is 0.0727. The van der Waals surface area contributed by atoms with Crippen LogP contribution in [0.25, 0.3) is 11.1 Å². The molecule has 1 saturated heterocycles. The van der Waals surface area contributed by atoms with Crippen molar-refractivity contribution in [2.75, 3.05) is 0 Å². The summed E-state index contributed by atoms with van der Waals surface area (Å²) in [5.41, 5.74) is 3.10. The van der Waals surface area contributed by atoms with E-state index in [-0.39, 0.29) is 25.1 Å². The summed E-state index contributed by atoms with van der Waals surface area (Å²) in [6, 6.07) is 17.4. The first kappa shape index (κ1) is 22.0. The molecule has 3 aromatic carbocycles. The highest BCUT2D eigenvalue weighted by molar-refractivity contribution is 5.75. The predicted octanol–water partition coefficient (Wildman–Crippen LogP) is 5.62. The smallest absolute Gasteiger partial charge is 0.416 e. The first-order chi connectivity index (χ1) is 16.2. The van der Waals surface area contributed by atoms with Crippen molar-refractivity contribution in [2.24, 2.45) is 0 Å². The molecule has 5 nitrogen and oxygen atoms in total. The van der Waals surface area contributed by atoms with Crippen molar-refractivity contribution in [1.82, 2.24) is 4.90 Å². The molecular formula is C26H20F3NO4. The van der Waals surface area contributed by atoms with E-state index in [1.807, 2.05) is 24.3 Å². The topological polar surface area (TPSA) is 66.8 Å². The molecule has 0 spiro atoms. The lowest BCUT2D eigenvalue weighted by atomic mass is 9.94. The molecule has 0 saturated carbocycles. The second-order valence-corrected chi connectivity index (χ2v) is 8.54. The molecule has 5 rings (SSSR count). The third-order valence-electron chi connectivity index (χ3n) is 6.34. The van der Waals surface area contributed by atoms with Gasteiger partial charge in [0.25, 0.3) is 0 Å². The van der Waals surface area contributed by atoms with E-state index in [1.54, 1.807) is 24.3 Å². The fraction of sp³-hybridized carbons (Fsp3) is 0.231. The Morgan fingerprint density at radius 2 is 1.85 bits per heavy atom. The number of aliphatic carboxylic acids is 1. The number of fused-ring (bicyclic) bond motifs is 3. The Labute approximate surface area is 193 Å². The number of nitrogens with zero attached hydrogens (tertiary/aromatic N) is 1. The number of hydrogen-bond donors (Lipinski definition) is 1. The first-order valence-electron chi connectivity index (χ1n) is 10.8. The van der Waals surface area contributed by atoms with Gasteiger partial charge in [0.1, 0.15) is 6.10 Å². The number of carboxylic acid groups (broad SMARTS) is 1. The summed E-state index contributed by atoms with van der Waals surface area (Å²) in [5, 5.41) is 9.11. The largest absolute Gasteiger partial charge is 0.481 e. The molecular weight excluding hydrogens is 447 g/mol. The van der Waals surface area contributed by atoms with Gasteiger partial charge in [-0.05, 0) is 45.5 Å². The minimum atomic E-state index is -4.55. The maximum atomic E-state index is 13.5. The molecule has 34 heavy (non-hydrogen) atoms. The Hall–Kier alpha value is -3.81. The quantitative estimate of drug-likeness (QED) is 0.529. The van der Waals surface area contributed by atoms with E-state index in [4.69, 9.17) is 9.84 Å². The molecule has 0 unspecified atom stereocenters. The third-order valence-corrected chi connectivity index (χ3v) is 6.34. The summed E-state index contributed by atoms with van der Waals surface area (Å²) in [6.07, 6.45) is -5.13. The van der Waals surface area contributed by atoms with E-state index in [1.165, 1.54) is 11.0 Å². The Morgan fingerprint density at radius 1 is 1.06 bits per heavy atom. The average Bonchev–Trinajstić information content (AvgIpc) is 3.28. The summed E-state index contributed by atoms with van der Waals surface area (Å²) < 4.78 is 46.2. The molecule has 1 fully saturated rings. The summed E-state index contributed by atoms with van der Waals surface area (Å²) in [7, 11) is 0. The number of ether oxygens (including phenoxy) is 1. The van der Waals surface area contributed by atoms with E-state index in [0.717, 1.165) is 23.3 Å². The normalized spacial score (nSPS) is 19.0. The fourth-order valence-electron chi connectivity index (χ4n) is 4.88. The van der Waals surface area contributed by atoms with E-state index in [9.17, 15) is 22.8 Å². The van der Waals surface area contributed by atoms with E-state index >= 15 is 0 Å². The van der Waals surface area contributed by atoms with E-state index < -0.39 is 23.8 Å². The lowest BCUT2D eigenvalue weighted by Crippen LogP contribution is -2.28. The van der Waals surface area contributed by atoms with Gasteiger partial charge in [-0.15, -0.1) is 0 Å². The predicted molar refractivity (Wildman–Crippen MR) is 117 cm³/mol. The van der Waals surface area contributed by atoms with Crippen LogP contribution >= 0.6 is 0 Å². The highest BCUT2D eigenvalue weighted by Gasteiger charge is 2.47. The fourth-order valence-corrected chi connectivity index (χ4v) is 4.88. The number of carbonyl (C=O) groups excluding carboxylic acids is 1. The van der Waals surface area contributed by atoms with E-state index in [2.05, 4.69) is 0 Å². The van der Waals surface area contributed by atoms with Gasteiger partial charge in [-0.25, -0.2) is 4.79 Å². The zero-order chi connectivity index (χ0) is 24.0. The van der Waals surface area contributed by atoms with Gasteiger partial charge in [-0.1, -0.05) is 54.6 Å². The molecule has 0 radical (unpaired) electrons. The molecule has 1 heterocycles. The molecule has 0 bridgehead atoms. The maximum absolute atomic E-state index is 13.5. The molecule has 1 aliphatic carbocycles. The molecule has 3 aromatic rings. The van der Waals surface area contributed by atoms with Crippen molar-refractivity contribution in [3.8, 4) is 11.1 Å². The van der Waals surface area contributed by atoms with Crippen molar-refractivity contribution in [3.63, 3.8) is 0 Å². The number of carbonyl (C=O) groups is 2. The first-order valence-corrected chi connectivity index (χ1v) is 10.8.